The van der Waals surface area contributed by atoms with Gasteiger partial charge in [-0.1, -0.05) is 18.9 Å². The minimum atomic E-state index is -3.55. The molecule has 0 aromatic carbocycles. The van der Waals surface area contributed by atoms with Crippen molar-refractivity contribution in [2.24, 2.45) is 0 Å². The molecule has 2 aromatic heterocycles. The van der Waals surface area contributed by atoms with Crippen LogP contribution in [-0.4, -0.2) is 26.9 Å². The van der Waals surface area contributed by atoms with Crippen LogP contribution in [0.2, 0.25) is 0 Å². The molecule has 0 fully saturated rings. The average molecular weight is 384 g/mol. The topological polar surface area (TPSA) is 65.7 Å². The smallest absolute Gasteiger partial charge is 0.367 e. The van der Waals surface area contributed by atoms with Gasteiger partial charge in [0.05, 0.1) is 5.75 Å². The molecule has 1 unspecified atom stereocenters. The van der Waals surface area contributed by atoms with Crippen molar-refractivity contribution in [3.05, 3.63) is 41.4 Å². The molecule has 0 aliphatic carbocycles. The molecule has 2 aromatic rings. The van der Waals surface area contributed by atoms with Crippen molar-refractivity contribution in [1.82, 2.24) is 0 Å². The summed E-state index contributed by atoms with van der Waals surface area (Å²) in [6.07, 6.45) is 7.51. The lowest BCUT2D eigenvalue weighted by Crippen LogP contribution is -2.45. The third kappa shape index (κ3) is 5.61. The Morgan fingerprint density at radius 2 is 1.84 bits per heavy atom. The van der Waals surface area contributed by atoms with Gasteiger partial charge in [0.1, 0.15) is 12.7 Å². The predicted molar refractivity (Wildman–Crippen MR) is 94.3 cm³/mol. The molecule has 136 valence electrons. The van der Waals surface area contributed by atoms with Crippen molar-refractivity contribution in [3.8, 4) is 11.5 Å². The van der Waals surface area contributed by atoms with Crippen LogP contribution in [0, 0.1) is 0 Å². The molecular formula is C17H22NO5S2+. The van der Waals surface area contributed by atoms with Gasteiger partial charge >= 0.3 is 10.1 Å². The fraction of sp³-hybridized carbons (Fsp3) is 0.471. The lowest BCUT2D eigenvalue weighted by Gasteiger charge is -2.24. The third-order valence-corrected chi connectivity index (χ3v) is 5.76. The molecule has 1 aliphatic rings. The first-order valence-corrected chi connectivity index (χ1v) is 10.9. The number of hydrogen-bond donors (Lipinski definition) is 0. The van der Waals surface area contributed by atoms with Crippen molar-refractivity contribution in [1.29, 1.82) is 0 Å². The highest BCUT2D eigenvalue weighted by Gasteiger charge is 2.21. The van der Waals surface area contributed by atoms with Crippen molar-refractivity contribution in [2.45, 2.75) is 38.2 Å². The van der Waals surface area contributed by atoms with E-state index >= 15 is 0 Å². The van der Waals surface area contributed by atoms with Crippen LogP contribution in [0.3, 0.4) is 0 Å². The number of unbranched alkanes of at least 4 members (excludes halogenated alkanes) is 3. The first-order valence-electron chi connectivity index (χ1n) is 8.37. The lowest BCUT2D eigenvalue weighted by molar-refractivity contribution is -0.856. The van der Waals surface area contributed by atoms with E-state index in [0.29, 0.717) is 13.0 Å². The monoisotopic (exact) mass is 384 g/mol. The van der Waals surface area contributed by atoms with Crippen LogP contribution < -0.4 is 18.5 Å². The van der Waals surface area contributed by atoms with Gasteiger partial charge in [-0.3, -0.25) is 0 Å². The Balaban J connectivity index is 1.29. The lowest BCUT2D eigenvalue weighted by atomic mass is 10.1. The first kappa shape index (κ1) is 18.0. The van der Waals surface area contributed by atoms with E-state index in [0.717, 1.165) is 37.2 Å². The molecule has 0 radical (unpaired) electrons. The number of nitrogens with zero attached hydrogens (tertiary/aromatic N) is 1. The van der Waals surface area contributed by atoms with Crippen LogP contribution in [0.1, 0.15) is 32.1 Å². The fourth-order valence-corrected chi connectivity index (χ4v) is 4.27. The average Bonchev–Trinajstić information content (AvgIpc) is 3.06. The molecule has 6 nitrogen and oxygen atoms in total. The van der Waals surface area contributed by atoms with Gasteiger partial charge in [-0.15, -0.1) is 15.6 Å². The van der Waals surface area contributed by atoms with E-state index in [2.05, 4.69) is 0 Å². The summed E-state index contributed by atoms with van der Waals surface area (Å²) in [7, 11) is -3.55. The SMILES string of the molecule is O=S(=O)(CCCCCCC1COc2cscc2O1)O[n+]1ccccc1. The molecule has 0 saturated carbocycles. The number of rotatable bonds is 9. The van der Waals surface area contributed by atoms with Gasteiger partial charge in [0.2, 0.25) is 12.4 Å². The molecule has 0 spiro atoms. The van der Waals surface area contributed by atoms with E-state index in [1.54, 1.807) is 41.9 Å². The maximum atomic E-state index is 11.9. The van der Waals surface area contributed by atoms with E-state index in [-0.39, 0.29) is 11.9 Å². The van der Waals surface area contributed by atoms with E-state index in [4.69, 9.17) is 13.8 Å². The van der Waals surface area contributed by atoms with E-state index < -0.39 is 10.1 Å². The molecule has 0 amide bonds. The summed E-state index contributed by atoms with van der Waals surface area (Å²) >= 11 is 1.57. The highest BCUT2D eigenvalue weighted by atomic mass is 32.2. The highest BCUT2D eigenvalue weighted by Crippen LogP contribution is 2.36. The van der Waals surface area contributed by atoms with Crippen LogP contribution >= 0.6 is 11.3 Å². The molecule has 0 bridgehead atoms. The quantitative estimate of drug-likeness (QED) is 0.491. The zero-order valence-corrected chi connectivity index (χ0v) is 15.5. The summed E-state index contributed by atoms with van der Waals surface area (Å²) in [5, 5.41) is 3.90. The van der Waals surface area contributed by atoms with Crippen molar-refractivity contribution >= 4 is 21.5 Å². The van der Waals surface area contributed by atoms with Gasteiger partial charge in [0.25, 0.3) is 0 Å². The number of aromatic nitrogens is 1. The largest absolute Gasteiger partial charge is 0.485 e. The van der Waals surface area contributed by atoms with E-state index in [9.17, 15) is 8.42 Å². The van der Waals surface area contributed by atoms with Crippen LogP contribution in [-0.2, 0) is 10.1 Å². The number of pyridine rings is 1. The van der Waals surface area contributed by atoms with Crippen molar-refractivity contribution < 1.29 is 26.9 Å². The predicted octanol–water partition coefficient (Wildman–Crippen LogP) is 2.58. The van der Waals surface area contributed by atoms with Gasteiger partial charge in [0, 0.05) is 27.6 Å². The van der Waals surface area contributed by atoms with Gasteiger partial charge in [-0.2, -0.15) is 8.42 Å². The zero-order chi connectivity index (χ0) is 17.5. The standard InChI is InChI=1S/C17H22NO5S2/c19-25(20,23-18-9-5-3-6-10-18)11-7-2-1-4-8-15-12-21-16-13-24-14-17(16)22-15/h3,5-6,9-10,13-15H,1-2,4,7-8,11-12H2/q+1. The minimum Gasteiger partial charge on any atom is -0.485 e. The molecule has 25 heavy (non-hydrogen) atoms. The van der Waals surface area contributed by atoms with Crippen molar-refractivity contribution in [2.75, 3.05) is 12.4 Å². The number of ether oxygens (including phenoxy) is 2. The van der Waals surface area contributed by atoms with Gasteiger partial charge in [-0.25, -0.2) is 0 Å². The number of hydrogen-bond acceptors (Lipinski definition) is 6. The van der Waals surface area contributed by atoms with Crippen LogP contribution in [0.25, 0.3) is 0 Å². The molecule has 3 rings (SSSR count). The summed E-state index contributed by atoms with van der Waals surface area (Å²) < 4.78 is 41.5. The summed E-state index contributed by atoms with van der Waals surface area (Å²) in [4.78, 5) is 0. The fourth-order valence-electron chi connectivity index (χ4n) is 2.61. The third-order valence-electron chi connectivity index (χ3n) is 3.87. The van der Waals surface area contributed by atoms with E-state index in [1.165, 1.54) is 4.73 Å². The zero-order valence-electron chi connectivity index (χ0n) is 13.9. The summed E-state index contributed by atoms with van der Waals surface area (Å²) in [6, 6.07) is 5.23. The Morgan fingerprint density at radius 3 is 2.68 bits per heavy atom. The van der Waals surface area contributed by atoms with Gasteiger partial charge < -0.3 is 9.47 Å². The molecule has 1 aliphatic heterocycles. The Labute approximate surface area is 152 Å². The van der Waals surface area contributed by atoms with Gasteiger partial charge in [0.15, 0.2) is 11.5 Å². The highest BCUT2D eigenvalue weighted by molar-refractivity contribution is 7.86. The Morgan fingerprint density at radius 1 is 1.08 bits per heavy atom. The molecule has 1 atom stereocenters. The molecule has 8 heteroatoms. The first-order chi connectivity index (χ1) is 12.1. The van der Waals surface area contributed by atoms with Crippen LogP contribution in [0.15, 0.2) is 41.4 Å². The maximum absolute atomic E-state index is 11.9. The van der Waals surface area contributed by atoms with Crippen molar-refractivity contribution in [3.63, 3.8) is 0 Å². The molecule has 0 saturated heterocycles. The molecular weight excluding hydrogens is 362 g/mol. The number of thiophene rings is 1. The Kier molecular flexibility index (Phi) is 6.14. The summed E-state index contributed by atoms with van der Waals surface area (Å²) in [5.41, 5.74) is 0. The maximum Gasteiger partial charge on any atom is 0.367 e. The second-order valence-corrected chi connectivity index (χ2v) is 8.34. The van der Waals surface area contributed by atoms with Gasteiger partial charge in [-0.05, 0) is 19.3 Å². The minimum absolute atomic E-state index is 0.0240. The van der Waals surface area contributed by atoms with E-state index in [1.807, 2.05) is 10.8 Å². The molecule has 0 N–H and O–H groups in total. The van der Waals surface area contributed by atoms with Crippen LogP contribution in [0.4, 0.5) is 0 Å². The second kappa shape index (κ2) is 8.53. The number of fused-ring (bicyclic) bond motifs is 1. The Hall–Kier alpha value is -1.80. The second-order valence-electron chi connectivity index (χ2n) is 5.93. The summed E-state index contributed by atoms with van der Waals surface area (Å²) in [6.45, 7) is 0.584. The summed E-state index contributed by atoms with van der Waals surface area (Å²) in [5.74, 6) is 1.70. The van der Waals surface area contributed by atoms with Crippen LogP contribution in [0.5, 0.6) is 11.5 Å². The Bertz CT molecular complexity index is 760. The normalized spacial score (nSPS) is 16.6. The molecule has 3 heterocycles.